The van der Waals surface area contributed by atoms with Gasteiger partial charge in [0.25, 0.3) is 0 Å². The Morgan fingerprint density at radius 1 is 0.314 bits per heavy atom. The number of hydrogen-bond acceptors (Lipinski definition) is 0. The van der Waals surface area contributed by atoms with E-state index in [0.717, 1.165) is 0 Å². The van der Waals surface area contributed by atoms with Gasteiger partial charge in [-0.3, -0.25) is 0 Å². The van der Waals surface area contributed by atoms with E-state index in [4.69, 9.17) is 0 Å². The summed E-state index contributed by atoms with van der Waals surface area (Å²) in [4.78, 5) is 0. The van der Waals surface area contributed by atoms with E-state index in [-0.39, 0.29) is 0 Å². The summed E-state index contributed by atoms with van der Waals surface area (Å²) in [6.07, 6.45) is 49.9. The van der Waals surface area contributed by atoms with Crippen molar-refractivity contribution in [1.82, 2.24) is 0 Å². The van der Waals surface area contributed by atoms with Crippen molar-refractivity contribution in [2.24, 2.45) is 0 Å². The first-order valence-electron chi connectivity index (χ1n) is 16.7. The van der Waals surface area contributed by atoms with Gasteiger partial charge in [-0.05, 0) is 38.5 Å². The van der Waals surface area contributed by atoms with Crippen molar-refractivity contribution < 1.29 is 0 Å². The molecule has 35 heavy (non-hydrogen) atoms. The number of rotatable bonds is 31. The Hall–Kier alpha value is -0.520. The summed E-state index contributed by atoms with van der Waals surface area (Å²) in [5, 5.41) is 0. The summed E-state index contributed by atoms with van der Waals surface area (Å²) >= 11 is 0. The van der Waals surface area contributed by atoms with E-state index in [9.17, 15) is 0 Å². The lowest BCUT2D eigenvalue weighted by atomic mass is 10.0. The fourth-order valence-electron chi connectivity index (χ4n) is 5.19. The minimum Gasteiger partial charge on any atom is -0.103 e. The molecule has 0 heterocycles. The molecule has 0 aromatic heterocycles. The lowest BCUT2D eigenvalue weighted by molar-refractivity contribution is 0.536. The van der Waals surface area contributed by atoms with E-state index in [1.807, 2.05) is 0 Å². The van der Waals surface area contributed by atoms with Crippen LogP contribution in [0.4, 0.5) is 0 Å². The van der Waals surface area contributed by atoms with Crippen molar-refractivity contribution in [3.63, 3.8) is 0 Å². The predicted octanol–water partition coefficient (Wildman–Crippen LogP) is 13.5. The van der Waals surface area contributed by atoms with Crippen LogP contribution in [0.1, 0.15) is 200 Å². The monoisotopic (exact) mass is 489 g/mol. The molecule has 0 spiro atoms. The first-order chi connectivity index (χ1) is 17.4. The molecule has 208 valence electrons. The molecule has 0 fully saturated rings. The highest BCUT2D eigenvalue weighted by Crippen LogP contribution is 2.15. The first kappa shape index (κ1) is 34.5. The Kier molecular flexibility index (Phi) is 33.0. The molecule has 0 aliphatic heterocycles. The van der Waals surface area contributed by atoms with Crippen LogP contribution in [-0.4, -0.2) is 0 Å². The Bertz CT molecular complexity index is 393. The molecule has 0 aliphatic carbocycles. The van der Waals surface area contributed by atoms with Crippen molar-refractivity contribution in [3.8, 4) is 0 Å². The van der Waals surface area contributed by atoms with Gasteiger partial charge in [0.05, 0.1) is 0 Å². The van der Waals surface area contributed by atoms with E-state index in [2.05, 4.69) is 31.7 Å². The van der Waals surface area contributed by atoms with Gasteiger partial charge in [-0.15, -0.1) is 6.58 Å². The smallest absolute Gasteiger partial charge is 0.0351 e. The zero-order valence-corrected chi connectivity index (χ0v) is 24.7. The first-order valence-corrected chi connectivity index (χ1v) is 16.7. The molecular formula is C35H68. The quantitative estimate of drug-likeness (QED) is 0.0672. The summed E-state index contributed by atoms with van der Waals surface area (Å²) in [6.45, 7) is 6.10. The molecule has 0 amide bonds. The molecule has 0 aromatic carbocycles. The zero-order valence-electron chi connectivity index (χ0n) is 24.7. The average molecular weight is 489 g/mol. The largest absolute Gasteiger partial charge is 0.103 e. The van der Waals surface area contributed by atoms with Gasteiger partial charge in [-0.2, -0.15) is 0 Å². The second-order valence-electron chi connectivity index (χ2n) is 11.3. The van der Waals surface area contributed by atoms with Crippen LogP contribution in [0.2, 0.25) is 0 Å². The number of allylic oxidation sites excluding steroid dienone is 3. The maximum Gasteiger partial charge on any atom is -0.0351 e. The summed E-state index contributed by atoms with van der Waals surface area (Å²) in [6, 6.07) is 0. The Morgan fingerprint density at radius 3 is 0.800 bits per heavy atom. The molecule has 0 rings (SSSR count). The van der Waals surface area contributed by atoms with Gasteiger partial charge >= 0.3 is 0 Å². The van der Waals surface area contributed by atoms with Gasteiger partial charge in [-0.25, -0.2) is 0 Å². The fraction of sp³-hybridized carbons (Fsp3) is 0.886. The maximum absolute atomic E-state index is 3.80. The molecule has 0 unspecified atom stereocenters. The van der Waals surface area contributed by atoms with Crippen molar-refractivity contribution in [3.05, 3.63) is 24.8 Å². The minimum absolute atomic E-state index is 1.20. The van der Waals surface area contributed by atoms with Gasteiger partial charge in [0, 0.05) is 0 Å². The molecule has 0 heteroatoms. The molecule has 0 radical (unpaired) electrons. The lowest BCUT2D eigenvalue weighted by Gasteiger charge is -2.03. The van der Waals surface area contributed by atoms with Gasteiger partial charge in [0.1, 0.15) is 0 Å². The summed E-state index contributed by atoms with van der Waals surface area (Å²) in [5.74, 6) is 0. The van der Waals surface area contributed by atoms with Crippen LogP contribution in [0.5, 0.6) is 0 Å². The summed E-state index contributed by atoms with van der Waals surface area (Å²) in [7, 11) is 0. The molecule has 0 bridgehead atoms. The molecule has 0 saturated carbocycles. The third-order valence-electron chi connectivity index (χ3n) is 7.67. The van der Waals surface area contributed by atoms with Crippen LogP contribution in [0, 0.1) is 0 Å². The van der Waals surface area contributed by atoms with Crippen LogP contribution >= 0.6 is 0 Å². The van der Waals surface area contributed by atoms with Crippen LogP contribution in [0.15, 0.2) is 24.8 Å². The molecule has 0 atom stereocenters. The van der Waals surface area contributed by atoms with Gasteiger partial charge in [0.2, 0.25) is 0 Å². The summed E-state index contributed by atoms with van der Waals surface area (Å²) < 4.78 is 0. The molecule has 0 aromatic rings. The predicted molar refractivity (Wildman–Crippen MR) is 164 cm³/mol. The maximum atomic E-state index is 3.80. The Labute approximate surface area is 224 Å². The molecule has 0 nitrogen and oxygen atoms in total. The molecular weight excluding hydrogens is 420 g/mol. The van der Waals surface area contributed by atoms with E-state index >= 15 is 0 Å². The van der Waals surface area contributed by atoms with Crippen LogP contribution in [-0.2, 0) is 0 Å². The standard InChI is InChI=1S/C35H68/c1-3-5-7-9-11-13-15-17-19-21-23-25-27-29-31-33-35-34-32-30-28-26-24-22-20-18-16-14-12-10-8-6-4-2/h3,34-35H,1,4-33H2,2H3. The topological polar surface area (TPSA) is 0 Å². The summed E-state index contributed by atoms with van der Waals surface area (Å²) in [5.41, 5.74) is 0. The van der Waals surface area contributed by atoms with E-state index < -0.39 is 0 Å². The van der Waals surface area contributed by atoms with Crippen molar-refractivity contribution >= 4 is 0 Å². The van der Waals surface area contributed by atoms with E-state index in [0.29, 0.717) is 0 Å². The lowest BCUT2D eigenvalue weighted by Crippen LogP contribution is -1.83. The second kappa shape index (κ2) is 33.5. The number of hydrogen-bond donors (Lipinski definition) is 0. The van der Waals surface area contributed by atoms with Crippen LogP contribution < -0.4 is 0 Å². The van der Waals surface area contributed by atoms with Crippen molar-refractivity contribution in [1.29, 1.82) is 0 Å². The van der Waals surface area contributed by atoms with Gasteiger partial charge in [-0.1, -0.05) is 179 Å². The van der Waals surface area contributed by atoms with Crippen molar-refractivity contribution in [2.75, 3.05) is 0 Å². The van der Waals surface area contributed by atoms with Crippen LogP contribution in [0.3, 0.4) is 0 Å². The van der Waals surface area contributed by atoms with E-state index in [1.54, 1.807) is 0 Å². The zero-order chi connectivity index (χ0) is 25.3. The van der Waals surface area contributed by atoms with Crippen LogP contribution in [0.25, 0.3) is 0 Å². The Balaban J connectivity index is 3.07. The minimum atomic E-state index is 1.20. The highest BCUT2D eigenvalue weighted by molar-refractivity contribution is 4.81. The average Bonchev–Trinajstić information content (AvgIpc) is 2.87. The van der Waals surface area contributed by atoms with Gasteiger partial charge < -0.3 is 0 Å². The third-order valence-corrected chi connectivity index (χ3v) is 7.67. The molecule has 0 aliphatic rings. The Morgan fingerprint density at radius 2 is 0.543 bits per heavy atom. The molecule has 0 N–H and O–H groups in total. The molecule has 0 saturated heterocycles. The fourth-order valence-corrected chi connectivity index (χ4v) is 5.19. The highest BCUT2D eigenvalue weighted by Gasteiger charge is 1.95. The van der Waals surface area contributed by atoms with E-state index in [1.165, 1.54) is 193 Å². The van der Waals surface area contributed by atoms with Gasteiger partial charge in [0.15, 0.2) is 0 Å². The number of unbranched alkanes of at least 4 members (excludes halogenated alkanes) is 28. The van der Waals surface area contributed by atoms with Crippen molar-refractivity contribution in [2.45, 2.75) is 200 Å². The SMILES string of the molecule is C=CCCCCCCCCCCCCCCCC=CCCCCCCCCCCCCCCCC. The third kappa shape index (κ3) is 33.5. The normalized spacial score (nSPS) is 11.6. The second-order valence-corrected chi connectivity index (χ2v) is 11.3. The highest BCUT2D eigenvalue weighted by atomic mass is 14.0.